The van der Waals surface area contributed by atoms with Crippen LogP contribution in [0.15, 0.2) is 60.7 Å². The second-order valence-electron chi connectivity index (χ2n) is 9.23. The van der Waals surface area contributed by atoms with Crippen LogP contribution in [0.3, 0.4) is 0 Å². The average molecular weight is 486 g/mol. The Morgan fingerprint density at radius 3 is 2.58 bits per heavy atom. The van der Waals surface area contributed by atoms with Gasteiger partial charge in [-0.15, -0.1) is 5.10 Å². The summed E-state index contributed by atoms with van der Waals surface area (Å²) in [6.07, 6.45) is 5.09. The Balaban J connectivity index is 1.10. The number of piperidine rings is 1. The molecule has 1 saturated heterocycles. The van der Waals surface area contributed by atoms with E-state index in [0.717, 1.165) is 59.4 Å². The van der Waals surface area contributed by atoms with Crippen molar-refractivity contribution in [3.05, 3.63) is 60.7 Å². The standard InChI is InChI=1S/C28H31N5O3/c1-2-14-32(15-3-1)16-5-17-34-23-11-9-22(10-12-23)29-28-30-27-7-4-6-24(33(27)31-28)21-8-13-25-26(20-21)36-19-18-35-25/h4,6-13,20H,1-3,5,14-19H2,(H,29,31). The third kappa shape index (κ3) is 5.09. The summed E-state index contributed by atoms with van der Waals surface area (Å²) < 4.78 is 19.2. The van der Waals surface area contributed by atoms with Crippen LogP contribution < -0.4 is 19.5 Å². The monoisotopic (exact) mass is 485 g/mol. The lowest BCUT2D eigenvalue weighted by atomic mass is 10.1. The number of hydrogen-bond acceptors (Lipinski definition) is 7. The molecule has 0 spiro atoms. The molecule has 0 bridgehead atoms. The van der Waals surface area contributed by atoms with Crippen LogP contribution in [0.5, 0.6) is 17.2 Å². The van der Waals surface area contributed by atoms with E-state index in [1.807, 2.05) is 65.2 Å². The number of benzene rings is 2. The van der Waals surface area contributed by atoms with E-state index in [9.17, 15) is 0 Å². The normalized spacial score (nSPS) is 15.7. The number of ether oxygens (including phenoxy) is 3. The van der Waals surface area contributed by atoms with Crippen LogP contribution in [0.25, 0.3) is 16.9 Å². The van der Waals surface area contributed by atoms with Gasteiger partial charge in [0.1, 0.15) is 19.0 Å². The second kappa shape index (κ2) is 10.5. The predicted octanol–water partition coefficient (Wildman–Crippen LogP) is 5.17. The van der Waals surface area contributed by atoms with Gasteiger partial charge in [0.05, 0.1) is 12.3 Å². The summed E-state index contributed by atoms with van der Waals surface area (Å²) in [6.45, 7) is 5.45. The minimum atomic E-state index is 0.537. The van der Waals surface area contributed by atoms with Crippen LogP contribution in [0.2, 0.25) is 0 Å². The molecule has 0 unspecified atom stereocenters. The molecular formula is C28H31N5O3. The molecule has 0 saturated carbocycles. The molecule has 4 heterocycles. The van der Waals surface area contributed by atoms with E-state index in [-0.39, 0.29) is 0 Å². The SMILES string of the molecule is c1cc(-c2ccc3c(c2)OCCO3)n2nc(Nc3ccc(OCCCN4CCCCC4)cc3)nc2c1. The average Bonchev–Trinajstić information content (AvgIpc) is 3.35. The van der Waals surface area contributed by atoms with E-state index < -0.39 is 0 Å². The first-order valence-electron chi connectivity index (χ1n) is 12.8. The van der Waals surface area contributed by atoms with E-state index in [2.05, 4.69) is 15.2 Å². The van der Waals surface area contributed by atoms with Crippen molar-refractivity contribution in [2.45, 2.75) is 25.7 Å². The molecule has 36 heavy (non-hydrogen) atoms. The highest BCUT2D eigenvalue weighted by molar-refractivity contribution is 5.68. The molecule has 2 aromatic heterocycles. The highest BCUT2D eigenvalue weighted by Gasteiger charge is 2.15. The summed E-state index contributed by atoms with van der Waals surface area (Å²) in [5, 5.41) is 8.02. The minimum absolute atomic E-state index is 0.537. The summed E-state index contributed by atoms with van der Waals surface area (Å²) in [5.74, 6) is 2.94. The molecule has 1 fully saturated rings. The summed E-state index contributed by atoms with van der Waals surface area (Å²) in [6, 6.07) is 19.9. The Labute approximate surface area is 210 Å². The number of pyridine rings is 1. The number of nitrogens with zero attached hydrogens (tertiary/aromatic N) is 4. The van der Waals surface area contributed by atoms with Crippen molar-refractivity contribution < 1.29 is 14.2 Å². The van der Waals surface area contributed by atoms with Crippen molar-refractivity contribution in [3.8, 4) is 28.5 Å². The van der Waals surface area contributed by atoms with E-state index in [4.69, 9.17) is 19.3 Å². The van der Waals surface area contributed by atoms with Gasteiger partial charge in [0.15, 0.2) is 17.1 Å². The van der Waals surface area contributed by atoms with Gasteiger partial charge < -0.3 is 24.4 Å². The second-order valence-corrected chi connectivity index (χ2v) is 9.23. The third-order valence-electron chi connectivity index (χ3n) is 6.64. The maximum Gasteiger partial charge on any atom is 0.247 e. The van der Waals surface area contributed by atoms with Crippen molar-refractivity contribution in [1.29, 1.82) is 0 Å². The largest absolute Gasteiger partial charge is 0.494 e. The lowest BCUT2D eigenvalue weighted by Gasteiger charge is -2.26. The van der Waals surface area contributed by atoms with E-state index in [0.29, 0.717) is 19.2 Å². The molecule has 2 aliphatic rings. The third-order valence-corrected chi connectivity index (χ3v) is 6.64. The summed E-state index contributed by atoms with van der Waals surface area (Å²) in [5.41, 5.74) is 3.59. The Hall–Kier alpha value is -3.78. The molecule has 1 N–H and O–H groups in total. The van der Waals surface area contributed by atoms with Crippen molar-refractivity contribution >= 4 is 17.3 Å². The van der Waals surface area contributed by atoms with Gasteiger partial charge in [0.2, 0.25) is 5.95 Å². The zero-order valence-electron chi connectivity index (χ0n) is 20.4. The number of nitrogens with one attached hydrogen (secondary N) is 1. The van der Waals surface area contributed by atoms with Gasteiger partial charge in [-0.2, -0.15) is 4.98 Å². The molecule has 0 radical (unpaired) electrons. The highest BCUT2D eigenvalue weighted by atomic mass is 16.6. The summed E-state index contributed by atoms with van der Waals surface area (Å²) in [4.78, 5) is 7.20. The maximum atomic E-state index is 5.95. The van der Waals surface area contributed by atoms with Gasteiger partial charge >= 0.3 is 0 Å². The quantitative estimate of drug-likeness (QED) is 0.345. The molecule has 0 amide bonds. The van der Waals surface area contributed by atoms with Gasteiger partial charge in [-0.1, -0.05) is 12.5 Å². The van der Waals surface area contributed by atoms with Crippen LogP contribution >= 0.6 is 0 Å². The summed E-state index contributed by atoms with van der Waals surface area (Å²) >= 11 is 0. The molecule has 4 aromatic rings. The fraction of sp³-hybridized carbons (Fsp3) is 0.357. The Bertz CT molecular complexity index is 1310. The van der Waals surface area contributed by atoms with Crippen LogP contribution in [0.4, 0.5) is 11.6 Å². The molecule has 0 aliphatic carbocycles. The Kier molecular flexibility index (Phi) is 6.58. The van der Waals surface area contributed by atoms with Crippen molar-refractivity contribution in [2.24, 2.45) is 0 Å². The van der Waals surface area contributed by atoms with Gasteiger partial charge in [-0.25, -0.2) is 4.52 Å². The van der Waals surface area contributed by atoms with E-state index >= 15 is 0 Å². The Morgan fingerprint density at radius 2 is 1.72 bits per heavy atom. The van der Waals surface area contributed by atoms with Gasteiger partial charge in [-0.3, -0.25) is 0 Å². The van der Waals surface area contributed by atoms with Crippen molar-refractivity contribution in [2.75, 3.05) is 44.8 Å². The van der Waals surface area contributed by atoms with Crippen molar-refractivity contribution in [3.63, 3.8) is 0 Å². The number of likely N-dealkylation sites (tertiary alicyclic amines) is 1. The number of anilines is 2. The van der Waals surface area contributed by atoms with E-state index in [1.165, 1.54) is 32.4 Å². The molecule has 2 aromatic carbocycles. The van der Waals surface area contributed by atoms with Crippen LogP contribution in [0, 0.1) is 0 Å². The Morgan fingerprint density at radius 1 is 0.889 bits per heavy atom. The zero-order chi connectivity index (χ0) is 24.2. The van der Waals surface area contributed by atoms with Gasteiger partial charge in [-0.05, 0) is 86.9 Å². The highest BCUT2D eigenvalue weighted by Crippen LogP contribution is 2.34. The molecule has 6 rings (SSSR count). The molecule has 8 heteroatoms. The first-order valence-corrected chi connectivity index (χ1v) is 12.8. The van der Waals surface area contributed by atoms with Gasteiger partial charge in [0, 0.05) is 17.8 Å². The first kappa shape index (κ1) is 22.7. The van der Waals surface area contributed by atoms with Crippen LogP contribution in [0.1, 0.15) is 25.7 Å². The van der Waals surface area contributed by atoms with E-state index in [1.54, 1.807) is 0 Å². The van der Waals surface area contributed by atoms with Crippen LogP contribution in [-0.2, 0) is 0 Å². The fourth-order valence-corrected chi connectivity index (χ4v) is 4.80. The number of fused-ring (bicyclic) bond motifs is 2. The molecular weight excluding hydrogens is 454 g/mol. The topological polar surface area (TPSA) is 73.2 Å². The minimum Gasteiger partial charge on any atom is -0.494 e. The van der Waals surface area contributed by atoms with Crippen molar-refractivity contribution in [1.82, 2.24) is 19.5 Å². The van der Waals surface area contributed by atoms with Crippen LogP contribution in [-0.4, -0.2) is 59.0 Å². The molecule has 0 atom stereocenters. The first-order chi connectivity index (χ1) is 17.8. The lowest BCUT2D eigenvalue weighted by Crippen LogP contribution is -2.31. The molecule has 2 aliphatic heterocycles. The molecule has 186 valence electrons. The van der Waals surface area contributed by atoms with Gasteiger partial charge in [0.25, 0.3) is 0 Å². The predicted molar refractivity (Wildman–Crippen MR) is 140 cm³/mol. The maximum absolute atomic E-state index is 5.95. The smallest absolute Gasteiger partial charge is 0.247 e. The zero-order valence-corrected chi connectivity index (χ0v) is 20.4. The number of aromatic nitrogens is 3. The number of hydrogen-bond donors (Lipinski definition) is 1. The lowest BCUT2D eigenvalue weighted by molar-refractivity contribution is 0.171. The number of rotatable bonds is 8. The molecule has 8 nitrogen and oxygen atoms in total. The fourth-order valence-electron chi connectivity index (χ4n) is 4.80. The summed E-state index contributed by atoms with van der Waals surface area (Å²) in [7, 11) is 0.